The first kappa shape index (κ1) is 11.3. The van der Waals surface area contributed by atoms with Crippen molar-refractivity contribution in [1.82, 2.24) is 4.98 Å². The fourth-order valence-electron chi connectivity index (χ4n) is 2.20. The molecule has 2 atom stereocenters. The average molecular weight is 219 g/mol. The van der Waals surface area contributed by atoms with Crippen molar-refractivity contribution in [2.75, 3.05) is 6.61 Å². The molecule has 0 amide bonds. The number of Topliss-reactive ketones (excluding diaryl/α,β-unsaturated/α-hetero) is 1. The van der Waals surface area contributed by atoms with E-state index >= 15 is 0 Å². The summed E-state index contributed by atoms with van der Waals surface area (Å²) in [5.74, 6) is -0.0481. The zero-order valence-corrected chi connectivity index (χ0v) is 9.77. The van der Waals surface area contributed by atoms with Gasteiger partial charge in [0.15, 0.2) is 5.78 Å². The van der Waals surface area contributed by atoms with Crippen molar-refractivity contribution in [2.45, 2.75) is 38.2 Å². The maximum Gasteiger partial charge on any atom is 0.173 e. The molecular formula is C13H17NO2. The maximum atomic E-state index is 12.3. The molecule has 1 aromatic heterocycles. The van der Waals surface area contributed by atoms with Gasteiger partial charge in [0.1, 0.15) is 5.60 Å². The highest BCUT2D eigenvalue weighted by Gasteiger charge is 2.40. The number of carbonyl (C=O) groups excluding carboxylic acids is 1. The van der Waals surface area contributed by atoms with Crippen molar-refractivity contribution in [3.63, 3.8) is 0 Å². The lowest BCUT2D eigenvalue weighted by Gasteiger charge is -2.24. The third kappa shape index (κ3) is 2.00. The molecule has 0 spiro atoms. The van der Waals surface area contributed by atoms with Gasteiger partial charge in [-0.25, -0.2) is 0 Å². The average Bonchev–Trinajstić information content (AvgIpc) is 2.77. The van der Waals surface area contributed by atoms with Crippen molar-refractivity contribution in [3.8, 4) is 0 Å². The van der Waals surface area contributed by atoms with Crippen LogP contribution in [0, 0.1) is 0 Å². The topological polar surface area (TPSA) is 39.2 Å². The fraction of sp³-hybridized carbons (Fsp3) is 0.538. The van der Waals surface area contributed by atoms with Gasteiger partial charge in [0.2, 0.25) is 0 Å². The number of rotatable bonds is 3. The number of carbonyl (C=O) groups is 1. The van der Waals surface area contributed by atoms with E-state index in [1.807, 2.05) is 32.0 Å². The van der Waals surface area contributed by atoms with Gasteiger partial charge in [-0.05, 0) is 38.8 Å². The van der Waals surface area contributed by atoms with Gasteiger partial charge in [0, 0.05) is 12.8 Å². The van der Waals surface area contributed by atoms with E-state index < -0.39 is 5.60 Å². The summed E-state index contributed by atoms with van der Waals surface area (Å²) in [6.45, 7) is 4.48. The van der Waals surface area contributed by atoms with Gasteiger partial charge < -0.3 is 4.74 Å². The van der Waals surface area contributed by atoms with Crippen LogP contribution in [-0.4, -0.2) is 23.0 Å². The second-order valence-corrected chi connectivity index (χ2v) is 4.52. The molecule has 0 aromatic carbocycles. The lowest BCUT2D eigenvalue weighted by atomic mass is 9.87. The quantitative estimate of drug-likeness (QED) is 0.783. The van der Waals surface area contributed by atoms with E-state index in [0.29, 0.717) is 6.61 Å². The van der Waals surface area contributed by atoms with Crippen LogP contribution < -0.4 is 0 Å². The summed E-state index contributed by atoms with van der Waals surface area (Å²) < 4.78 is 5.57. The van der Waals surface area contributed by atoms with Crippen LogP contribution >= 0.6 is 0 Å². The van der Waals surface area contributed by atoms with Crippen molar-refractivity contribution in [3.05, 3.63) is 30.1 Å². The van der Waals surface area contributed by atoms with Crippen LogP contribution in [0.3, 0.4) is 0 Å². The zero-order valence-electron chi connectivity index (χ0n) is 9.77. The molecule has 2 heterocycles. The van der Waals surface area contributed by atoms with Crippen LogP contribution in [-0.2, 0) is 9.53 Å². The van der Waals surface area contributed by atoms with Gasteiger partial charge in [-0.15, -0.1) is 0 Å². The Labute approximate surface area is 95.8 Å². The Bertz CT molecular complexity index is 369. The highest BCUT2D eigenvalue weighted by molar-refractivity contribution is 5.92. The van der Waals surface area contributed by atoms with Gasteiger partial charge in [-0.2, -0.15) is 0 Å². The molecule has 1 aromatic rings. The summed E-state index contributed by atoms with van der Waals surface area (Å²) in [5, 5.41) is 0. The Balaban J connectivity index is 2.16. The first-order valence-corrected chi connectivity index (χ1v) is 5.73. The van der Waals surface area contributed by atoms with Gasteiger partial charge in [0.05, 0.1) is 11.6 Å². The van der Waals surface area contributed by atoms with E-state index in [9.17, 15) is 4.79 Å². The molecule has 1 saturated heterocycles. The Hall–Kier alpha value is -1.22. The molecule has 3 heteroatoms. The smallest absolute Gasteiger partial charge is 0.173 e. The highest BCUT2D eigenvalue weighted by Crippen LogP contribution is 2.31. The normalized spacial score (nSPS) is 26.6. The summed E-state index contributed by atoms with van der Waals surface area (Å²) in [5.41, 5.74) is 0.223. The molecule has 0 aliphatic carbocycles. The van der Waals surface area contributed by atoms with E-state index in [0.717, 1.165) is 18.5 Å². The zero-order chi connectivity index (χ0) is 11.6. The SMILES string of the molecule is CC(C(=O)C1(C)CCCO1)c1ccccn1. The van der Waals surface area contributed by atoms with Gasteiger partial charge >= 0.3 is 0 Å². The Kier molecular flexibility index (Phi) is 3.06. The Morgan fingerprint density at radius 3 is 2.94 bits per heavy atom. The molecule has 1 fully saturated rings. The second kappa shape index (κ2) is 4.34. The number of hydrogen-bond acceptors (Lipinski definition) is 3. The minimum absolute atomic E-state index is 0.142. The third-order valence-electron chi connectivity index (χ3n) is 3.26. The van der Waals surface area contributed by atoms with Gasteiger partial charge in [-0.3, -0.25) is 9.78 Å². The van der Waals surface area contributed by atoms with Crippen LogP contribution in [0.4, 0.5) is 0 Å². The first-order valence-electron chi connectivity index (χ1n) is 5.73. The number of aromatic nitrogens is 1. The predicted octanol–water partition coefficient (Wildman–Crippen LogP) is 2.32. The van der Waals surface area contributed by atoms with Crippen LogP contribution in [0.25, 0.3) is 0 Å². The van der Waals surface area contributed by atoms with Gasteiger partial charge in [-0.1, -0.05) is 6.07 Å². The van der Waals surface area contributed by atoms with E-state index in [1.165, 1.54) is 0 Å². The van der Waals surface area contributed by atoms with E-state index in [2.05, 4.69) is 4.98 Å². The summed E-state index contributed by atoms with van der Waals surface area (Å²) in [4.78, 5) is 16.5. The highest BCUT2D eigenvalue weighted by atomic mass is 16.5. The van der Waals surface area contributed by atoms with Crippen LogP contribution in [0.2, 0.25) is 0 Å². The minimum Gasteiger partial charge on any atom is -0.367 e. The molecule has 2 unspecified atom stereocenters. The molecule has 1 aliphatic heterocycles. The minimum atomic E-state index is -0.600. The van der Waals surface area contributed by atoms with Crippen LogP contribution in [0.5, 0.6) is 0 Å². The number of hydrogen-bond donors (Lipinski definition) is 0. The van der Waals surface area contributed by atoms with E-state index in [1.54, 1.807) is 6.20 Å². The molecule has 2 rings (SSSR count). The lowest BCUT2D eigenvalue weighted by Crippen LogP contribution is -2.37. The van der Waals surface area contributed by atoms with Crippen molar-refractivity contribution in [1.29, 1.82) is 0 Å². The number of ketones is 1. The molecule has 3 nitrogen and oxygen atoms in total. The Morgan fingerprint density at radius 2 is 2.38 bits per heavy atom. The van der Waals surface area contributed by atoms with E-state index in [4.69, 9.17) is 4.74 Å². The summed E-state index contributed by atoms with van der Waals surface area (Å²) in [7, 11) is 0. The first-order chi connectivity index (χ1) is 7.63. The molecule has 0 bridgehead atoms. The van der Waals surface area contributed by atoms with Gasteiger partial charge in [0.25, 0.3) is 0 Å². The molecule has 0 radical (unpaired) electrons. The summed E-state index contributed by atoms with van der Waals surface area (Å²) >= 11 is 0. The molecule has 1 aliphatic rings. The largest absolute Gasteiger partial charge is 0.367 e. The van der Waals surface area contributed by atoms with Crippen molar-refractivity contribution >= 4 is 5.78 Å². The molecule has 0 N–H and O–H groups in total. The maximum absolute atomic E-state index is 12.3. The third-order valence-corrected chi connectivity index (χ3v) is 3.26. The molecule has 0 saturated carbocycles. The second-order valence-electron chi connectivity index (χ2n) is 4.52. The monoisotopic (exact) mass is 219 g/mol. The molecular weight excluding hydrogens is 202 g/mol. The van der Waals surface area contributed by atoms with Crippen molar-refractivity contribution in [2.24, 2.45) is 0 Å². The lowest BCUT2D eigenvalue weighted by molar-refractivity contribution is -0.138. The predicted molar refractivity (Wildman–Crippen MR) is 61.3 cm³/mol. The molecule has 16 heavy (non-hydrogen) atoms. The fourth-order valence-corrected chi connectivity index (χ4v) is 2.20. The Morgan fingerprint density at radius 1 is 1.56 bits per heavy atom. The standard InChI is InChI=1S/C13H17NO2/c1-10(11-6-3-4-8-14-11)12(15)13(2)7-5-9-16-13/h3-4,6,8,10H,5,7,9H2,1-2H3. The summed E-state index contributed by atoms with van der Waals surface area (Å²) in [6, 6.07) is 5.65. The summed E-state index contributed by atoms with van der Waals surface area (Å²) in [6.07, 6.45) is 3.51. The number of ether oxygens (including phenoxy) is 1. The molecule has 86 valence electrons. The van der Waals surface area contributed by atoms with E-state index in [-0.39, 0.29) is 11.7 Å². The van der Waals surface area contributed by atoms with Crippen LogP contribution in [0.1, 0.15) is 38.3 Å². The number of nitrogens with zero attached hydrogens (tertiary/aromatic N) is 1. The van der Waals surface area contributed by atoms with Crippen molar-refractivity contribution < 1.29 is 9.53 Å². The van der Waals surface area contributed by atoms with Crippen LogP contribution in [0.15, 0.2) is 24.4 Å². The number of pyridine rings is 1.